The first-order chi connectivity index (χ1) is 7.26. The molecule has 1 heteroatoms. The van der Waals surface area contributed by atoms with Crippen LogP contribution in [0.2, 0.25) is 0 Å². The molecule has 1 rings (SSSR count). The molecule has 0 aliphatic heterocycles. The topological polar surface area (TPSA) is 12.0 Å². The van der Waals surface area contributed by atoms with Crippen LogP contribution in [0.3, 0.4) is 0 Å². The maximum Gasteiger partial charge on any atom is 0.0340 e. The smallest absolute Gasteiger partial charge is 0.0340 e. The second-order valence-electron chi connectivity index (χ2n) is 3.92. The van der Waals surface area contributed by atoms with Crippen molar-refractivity contribution in [2.45, 2.75) is 33.6 Å². The Morgan fingerprint density at radius 2 is 2.40 bits per heavy atom. The first-order valence-electron chi connectivity index (χ1n) is 5.74. The van der Waals surface area contributed by atoms with E-state index in [2.05, 4.69) is 55.6 Å². The van der Waals surface area contributed by atoms with E-state index in [0.717, 1.165) is 12.8 Å². The minimum Gasteiger partial charge on any atom is -0.356 e. The highest BCUT2D eigenvalue weighted by atomic mass is 14.9. The van der Waals surface area contributed by atoms with E-state index < -0.39 is 0 Å². The van der Waals surface area contributed by atoms with Gasteiger partial charge in [-0.15, -0.1) is 0 Å². The van der Waals surface area contributed by atoms with Gasteiger partial charge in [-0.3, -0.25) is 0 Å². The molecule has 0 bridgehead atoms. The molecule has 0 heterocycles. The second kappa shape index (κ2) is 6.28. The van der Waals surface area contributed by atoms with Crippen molar-refractivity contribution in [1.29, 1.82) is 0 Å². The average Bonchev–Trinajstić information content (AvgIpc) is 2.22. The summed E-state index contributed by atoms with van der Waals surface area (Å²) < 4.78 is 0. The van der Waals surface area contributed by atoms with E-state index in [4.69, 9.17) is 0 Å². The predicted octanol–water partition coefficient (Wildman–Crippen LogP) is 3.93. The standard InChI is InChI=1S/C14H21N/c1-4-6-13(7-5-2)15-14-10-8-12(3)9-11-14/h4,6-8,10-12,15H,5,9H2,1-3H3/b6-4-,13-7+. The van der Waals surface area contributed by atoms with Crippen molar-refractivity contribution >= 4 is 0 Å². The van der Waals surface area contributed by atoms with Crippen LogP contribution in [-0.2, 0) is 0 Å². The minimum atomic E-state index is 0.677. The molecule has 1 nitrogen and oxygen atoms in total. The summed E-state index contributed by atoms with van der Waals surface area (Å²) in [5.41, 5.74) is 2.40. The molecule has 1 N–H and O–H groups in total. The lowest BCUT2D eigenvalue weighted by Gasteiger charge is -2.14. The Labute approximate surface area is 93.3 Å². The maximum absolute atomic E-state index is 3.43. The highest BCUT2D eigenvalue weighted by molar-refractivity contribution is 5.29. The van der Waals surface area contributed by atoms with Crippen molar-refractivity contribution in [3.63, 3.8) is 0 Å². The molecule has 0 saturated heterocycles. The Morgan fingerprint density at radius 3 is 2.93 bits per heavy atom. The zero-order chi connectivity index (χ0) is 11.1. The molecular weight excluding hydrogens is 182 g/mol. The highest BCUT2D eigenvalue weighted by Gasteiger charge is 2.03. The lowest BCUT2D eigenvalue weighted by molar-refractivity contribution is 0.723. The Bertz CT molecular complexity index is 305. The van der Waals surface area contributed by atoms with Gasteiger partial charge in [-0.05, 0) is 37.8 Å². The predicted molar refractivity (Wildman–Crippen MR) is 67.3 cm³/mol. The van der Waals surface area contributed by atoms with Gasteiger partial charge in [0.25, 0.3) is 0 Å². The lowest BCUT2D eigenvalue weighted by atomic mass is 10.0. The fourth-order valence-electron chi connectivity index (χ4n) is 1.55. The molecule has 1 aliphatic rings. The van der Waals surface area contributed by atoms with Gasteiger partial charge in [0.05, 0.1) is 0 Å². The summed E-state index contributed by atoms with van der Waals surface area (Å²) in [6.45, 7) is 6.43. The third-order valence-corrected chi connectivity index (χ3v) is 2.37. The van der Waals surface area contributed by atoms with E-state index >= 15 is 0 Å². The van der Waals surface area contributed by atoms with Gasteiger partial charge in [0.1, 0.15) is 0 Å². The molecule has 0 saturated carbocycles. The molecule has 1 aliphatic carbocycles. The summed E-state index contributed by atoms with van der Waals surface area (Å²) in [5.74, 6) is 0.677. The fourth-order valence-corrected chi connectivity index (χ4v) is 1.55. The minimum absolute atomic E-state index is 0.677. The van der Waals surface area contributed by atoms with Crippen LogP contribution in [0.4, 0.5) is 0 Å². The van der Waals surface area contributed by atoms with E-state index in [-0.39, 0.29) is 0 Å². The lowest BCUT2D eigenvalue weighted by Crippen LogP contribution is -2.12. The summed E-state index contributed by atoms with van der Waals surface area (Å²) in [6.07, 6.45) is 15.2. The van der Waals surface area contributed by atoms with Crippen LogP contribution in [0.25, 0.3) is 0 Å². The SMILES string of the molecule is C/C=C\C(=C/CC)NC1=CCC(C)C=C1. The summed E-state index contributed by atoms with van der Waals surface area (Å²) in [6, 6.07) is 0. The van der Waals surface area contributed by atoms with Crippen LogP contribution in [0.5, 0.6) is 0 Å². The zero-order valence-corrected chi connectivity index (χ0v) is 9.96. The molecule has 0 radical (unpaired) electrons. The summed E-state index contributed by atoms with van der Waals surface area (Å²) in [4.78, 5) is 0. The second-order valence-corrected chi connectivity index (χ2v) is 3.92. The Balaban J connectivity index is 2.60. The Kier molecular flexibility index (Phi) is 4.96. The van der Waals surface area contributed by atoms with Crippen molar-refractivity contribution in [2.24, 2.45) is 5.92 Å². The number of rotatable bonds is 4. The number of allylic oxidation sites excluding steroid dienone is 6. The van der Waals surface area contributed by atoms with Crippen LogP contribution in [0.1, 0.15) is 33.6 Å². The van der Waals surface area contributed by atoms with Crippen molar-refractivity contribution in [3.05, 3.63) is 47.9 Å². The Morgan fingerprint density at radius 1 is 1.60 bits per heavy atom. The zero-order valence-electron chi connectivity index (χ0n) is 9.96. The van der Waals surface area contributed by atoms with Crippen molar-refractivity contribution in [1.82, 2.24) is 5.32 Å². The van der Waals surface area contributed by atoms with Crippen LogP contribution in [-0.4, -0.2) is 0 Å². The van der Waals surface area contributed by atoms with Gasteiger partial charge >= 0.3 is 0 Å². The van der Waals surface area contributed by atoms with Gasteiger partial charge in [-0.25, -0.2) is 0 Å². The first kappa shape index (κ1) is 11.8. The highest BCUT2D eigenvalue weighted by Crippen LogP contribution is 2.14. The van der Waals surface area contributed by atoms with Crippen molar-refractivity contribution in [3.8, 4) is 0 Å². The third kappa shape index (κ3) is 4.20. The molecule has 15 heavy (non-hydrogen) atoms. The molecule has 0 amide bonds. The molecule has 0 aromatic heterocycles. The van der Waals surface area contributed by atoms with E-state index in [1.54, 1.807) is 0 Å². The van der Waals surface area contributed by atoms with Crippen LogP contribution >= 0.6 is 0 Å². The molecule has 82 valence electrons. The van der Waals surface area contributed by atoms with Crippen LogP contribution in [0.15, 0.2) is 47.9 Å². The number of nitrogens with one attached hydrogen (secondary N) is 1. The van der Waals surface area contributed by atoms with Crippen LogP contribution < -0.4 is 5.32 Å². The quantitative estimate of drug-likeness (QED) is 0.683. The normalized spacial score (nSPS) is 21.9. The van der Waals surface area contributed by atoms with E-state index in [1.807, 2.05) is 6.92 Å². The van der Waals surface area contributed by atoms with Crippen molar-refractivity contribution < 1.29 is 0 Å². The molecule has 1 atom stereocenters. The third-order valence-electron chi connectivity index (χ3n) is 2.37. The molecule has 0 fully saturated rings. The van der Waals surface area contributed by atoms with Gasteiger partial charge in [0.15, 0.2) is 0 Å². The van der Waals surface area contributed by atoms with Gasteiger partial charge < -0.3 is 5.32 Å². The van der Waals surface area contributed by atoms with Gasteiger partial charge in [0.2, 0.25) is 0 Å². The van der Waals surface area contributed by atoms with E-state index in [9.17, 15) is 0 Å². The summed E-state index contributed by atoms with van der Waals surface area (Å²) >= 11 is 0. The van der Waals surface area contributed by atoms with E-state index in [0.29, 0.717) is 5.92 Å². The number of hydrogen-bond donors (Lipinski definition) is 1. The summed E-state index contributed by atoms with van der Waals surface area (Å²) in [7, 11) is 0. The van der Waals surface area contributed by atoms with Crippen LogP contribution in [0, 0.1) is 5.92 Å². The maximum atomic E-state index is 3.43. The molecule has 0 aromatic carbocycles. The first-order valence-corrected chi connectivity index (χ1v) is 5.74. The van der Waals surface area contributed by atoms with E-state index in [1.165, 1.54) is 11.4 Å². The number of hydrogen-bond acceptors (Lipinski definition) is 1. The van der Waals surface area contributed by atoms with Gasteiger partial charge in [-0.1, -0.05) is 38.2 Å². The molecular formula is C14H21N. The van der Waals surface area contributed by atoms with Gasteiger partial charge in [0, 0.05) is 11.4 Å². The Hall–Kier alpha value is -1.24. The summed E-state index contributed by atoms with van der Waals surface area (Å²) in [5, 5.41) is 3.43. The largest absolute Gasteiger partial charge is 0.356 e. The monoisotopic (exact) mass is 203 g/mol. The van der Waals surface area contributed by atoms with Gasteiger partial charge in [-0.2, -0.15) is 0 Å². The molecule has 1 unspecified atom stereocenters. The van der Waals surface area contributed by atoms with Crippen molar-refractivity contribution in [2.75, 3.05) is 0 Å². The average molecular weight is 203 g/mol. The molecule has 0 spiro atoms. The molecule has 0 aromatic rings. The fraction of sp³-hybridized carbons (Fsp3) is 0.429.